The van der Waals surface area contributed by atoms with Gasteiger partial charge in [-0.2, -0.15) is 0 Å². The Morgan fingerprint density at radius 2 is 1.68 bits per heavy atom. The van der Waals surface area contributed by atoms with Gasteiger partial charge in [0.1, 0.15) is 11.5 Å². The smallest absolute Gasteiger partial charge is 0.196 e. The minimum absolute atomic E-state index is 0.00363. The Balaban J connectivity index is 1.94. The molecule has 0 aliphatic heterocycles. The molecule has 3 rings (SSSR count). The van der Waals surface area contributed by atoms with Gasteiger partial charge in [0, 0.05) is 16.0 Å². The molecule has 0 unspecified atom stereocenters. The van der Waals surface area contributed by atoms with Crippen molar-refractivity contribution in [2.45, 2.75) is 11.8 Å². The van der Waals surface area contributed by atoms with Gasteiger partial charge >= 0.3 is 0 Å². The van der Waals surface area contributed by atoms with Crippen LogP contribution in [-0.2, 0) is 0 Å². The Labute approximate surface area is 134 Å². The van der Waals surface area contributed by atoms with E-state index in [4.69, 9.17) is 4.42 Å². The summed E-state index contributed by atoms with van der Waals surface area (Å²) in [5.41, 5.74) is 2.28. The van der Waals surface area contributed by atoms with Gasteiger partial charge in [-0.05, 0) is 43.5 Å². The van der Waals surface area contributed by atoms with Crippen LogP contribution in [0.3, 0.4) is 0 Å². The monoisotopic (exact) mass is 308 g/mol. The van der Waals surface area contributed by atoms with E-state index >= 15 is 0 Å². The lowest BCUT2D eigenvalue weighted by atomic mass is 10.0. The van der Waals surface area contributed by atoms with E-state index < -0.39 is 0 Å². The standard InChI is InChI=1S/C19H16O2S/c1-13-17(12-18(21-13)14-6-4-3-5-7-14)19(20)15-8-10-16(22-2)11-9-15/h3-12H,1-2H3. The summed E-state index contributed by atoms with van der Waals surface area (Å²) >= 11 is 1.66. The van der Waals surface area contributed by atoms with Crippen LogP contribution in [0.25, 0.3) is 11.3 Å². The van der Waals surface area contributed by atoms with Crippen molar-refractivity contribution in [3.8, 4) is 11.3 Å². The molecule has 0 saturated heterocycles. The zero-order valence-corrected chi connectivity index (χ0v) is 13.3. The first-order chi connectivity index (χ1) is 10.7. The van der Waals surface area contributed by atoms with Gasteiger partial charge in [0.15, 0.2) is 5.78 Å². The van der Waals surface area contributed by atoms with E-state index in [1.165, 1.54) is 0 Å². The molecule has 0 aliphatic rings. The number of hydrogen-bond acceptors (Lipinski definition) is 3. The molecule has 2 aromatic carbocycles. The molecular formula is C19H16O2S. The number of benzene rings is 2. The van der Waals surface area contributed by atoms with Crippen molar-refractivity contribution in [1.82, 2.24) is 0 Å². The van der Waals surface area contributed by atoms with Crippen molar-refractivity contribution in [1.29, 1.82) is 0 Å². The van der Waals surface area contributed by atoms with Gasteiger partial charge in [-0.3, -0.25) is 4.79 Å². The minimum atomic E-state index is -0.00363. The summed E-state index contributed by atoms with van der Waals surface area (Å²) in [6, 6.07) is 19.3. The van der Waals surface area contributed by atoms with Crippen molar-refractivity contribution in [3.63, 3.8) is 0 Å². The second-order valence-electron chi connectivity index (χ2n) is 5.00. The molecule has 0 atom stereocenters. The van der Waals surface area contributed by atoms with Gasteiger partial charge in [-0.1, -0.05) is 30.3 Å². The highest BCUT2D eigenvalue weighted by molar-refractivity contribution is 7.98. The number of aryl methyl sites for hydroxylation is 1. The maximum absolute atomic E-state index is 12.6. The van der Waals surface area contributed by atoms with Gasteiger partial charge in [-0.25, -0.2) is 0 Å². The predicted octanol–water partition coefficient (Wildman–Crippen LogP) is 5.21. The third-order valence-corrected chi connectivity index (χ3v) is 4.32. The molecule has 1 aromatic heterocycles. The first-order valence-corrected chi connectivity index (χ1v) is 8.26. The van der Waals surface area contributed by atoms with Gasteiger partial charge < -0.3 is 4.42 Å². The fraction of sp³-hybridized carbons (Fsp3) is 0.105. The third kappa shape index (κ3) is 2.85. The van der Waals surface area contributed by atoms with E-state index in [2.05, 4.69) is 0 Å². The number of hydrogen-bond donors (Lipinski definition) is 0. The van der Waals surface area contributed by atoms with Crippen LogP contribution in [0.2, 0.25) is 0 Å². The van der Waals surface area contributed by atoms with Crippen molar-refractivity contribution >= 4 is 17.5 Å². The number of rotatable bonds is 4. The van der Waals surface area contributed by atoms with Gasteiger partial charge in [-0.15, -0.1) is 11.8 Å². The molecule has 0 amide bonds. The fourth-order valence-electron chi connectivity index (χ4n) is 2.35. The summed E-state index contributed by atoms with van der Waals surface area (Å²) in [6.07, 6.45) is 2.02. The van der Waals surface area contributed by atoms with Crippen LogP contribution in [0.1, 0.15) is 21.7 Å². The molecule has 0 saturated carbocycles. The lowest BCUT2D eigenvalue weighted by Gasteiger charge is -2.00. The highest BCUT2D eigenvalue weighted by atomic mass is 32.2. The van der Waals surface area contributed by atoms with Crippen LogP contribution in [0.5, 0.6) is 0 Å². The summed E-state index contributed by atoms with van der Waals surface area (Å²) in [5.74, 6) is 1.37. The van der Waals surface area contributed by atoms with Crippen LogP contribution in [-0.4, -0.2) is 12.0 Å². The molecule has 0 fully saturated rings. The van der Waals surface area contributed by atoms with Gasteiger partial charge in [0.25, 0.3) is 0 Å². The summed E-state index contributed by atoms with van der Waals surface area (Å²) < 4.78 is 5.76. The number of carbonyl (C=O) groups excluding carboxylic acids is 1. The topological polar surface area (TPSA) is 30.2 Å². The van der Waals surface area contributed by atoms with Crippen molar-refractivity contribution < 1.29 is 9.21 Å². The van der Waals surface area contributed by atoms with Crippen molar-refractivity contribution in [2.24, 2.45) is 0 Å². The maximum Gasteiger partial charge on any atom is 0.196 e. The van der Waals surface area contributed by atoms with E-state index in [0.717, 1.165) is 16.2 Å². The normalized spacial score (nSPS) is 10.6. The number of carbonyl (C=O) groups is 1. The highest BCUT2D eigenvalue weighted by Crippen LogP contribution is 2.27. The Bertz CT molecular complexity index is 786. The van der Waals surface area contributed by atoms with Crippen molar-refractivity contribution in [3.05, 3.63) is 77.6 Å². The molecule has 0 spiro atoms. The quantitative estimate of drug-likeness (QED) is 0.489. The summed E-state index contributed by atoms with van der Waals surface area (Å²) in [4.78, 5) is 13.8. The van der Waals surface area contributed by atoms with Crippen LogP contribution in [0, 0.1) is 6.92 Å². The summed E-state index contributed by atoms with van der Waals surface area (Å²) in [5, 5.41) is 0. The summed E-state index contributed by atoms with van der Waals surface area (Å²) in [6.45, 7) is 1.83. The first kappa shape index (κ1) is 14.7. The molecule has 3 heteroatoms. The van der Waals surface area contributed by atoms with E-state index in [-0.39, 0.29) is 5.78 Å². The zero-order valence-electron chi connectivity index (χ0n) is 12.5. The first-order valence-electron chi connectivity index (χ1n) is 7.03. The van der Waals surface area contributed by atoms with E-state index in [1.54, 1.807) is 11.8 Å². The lowest BCUT2D eigenvalue weighted by Crippen LogP contribution is -2.01. The second-order valence-corrected chi connectivity index (χ2v) is 5.88. The van der Waals surface area contributed by atoms with Crippen LogP contribution >= 0.6 is 11.8 Å². The average molecular weight is 308 g/mol. The summed E-state index contributed by atoms with van der Waals surface area (Å²) in [7, 11) is 0. The molecule has 0 bridgehead atoms. The predicted molar refractivity (Wildman–Crippen MR) is 90.5 cm³/mol. The Morgan fingerprint density at radius 3 is 2.32 bits per heavy atom. The second kappa shape index (κ2) is 6.24. The molecule has 110 valence electrons. The van der Waals surface area contributed by atoms with Crippen LogP contribution in [0.15, 0.2) is 70.0 Å². The Kier molecular flexibility index (Phi) is 4.16. The van der Waals surface area contributed by atoms with Crippen LogP contribution < -0.4 is 0 Å². The maximum atomic E-state index is 12.6. The number of furan rings is 1. The Morgan fingerprint density at radius 1 is 1.00 bits per heavy atom. The highest BCUT2D eigenvalue weighted by Gasteiger charge is 2.17. The van der Waals surface area contributed by atoms with Crippen LogP contribution in [0.4, 0.5) is 0 Å². The van der Waals surface area contributed by atoms with Gasteiger partial charge in [0.05, 0.1) is 5.56 Å². The van der Waals surface area contributed by atoms with Crippen molar-refractivity contribution in [2.75, 3.05) is 6.26 Å². The van der Waals surface area contributed by atoms with Gasteiger partial charge in [0.2, 0.25) is 0 Å². The zero-order chi connectivity index (χ0) is 15.5. The van der Waals surface area contributed by atoms with E-state index in [1.807, 2.05) is 73.8 Å². The molecule has 3 aromatic rings. The fourth-order valence-corrected chi connectivity index (χ4v) is 2.76. The number of ketones is 1. The number of thioether (sulfide) groups is 1. The molecule has 0 N–H and O–H groups in total. The van der Waals surface area contributed by atoms with E-state index in [9.17, 15) is 4.79 Å². The third-order valence-electron chi connectivity index (χ3n) is 3.57. The van der Waals surface area contributed by atoms with E-state index in [0.29, 0.717) is 16.9 Å². The minimum Gasteiger partial charge on any atom is -0.461 e. The molecule has 2 nitrogen and oxygen atoms in total. The molecular weight excluding hydrogens is 292 g/mol. The SMILES string of the molecule is CSc1ccc(C(=O)c2cc(-c3ccccc3)oc2C)cc1. The molecule has 0 radical (unpaired) electrons. The largest absolute Gasteiger partial charge is 0.461 e. The average Bonchev–Trinajstić information content (AvgIpc) is 2.97. The molecule has 0 aliphatic carbocycles. The Hall–Kier alpha value is -2.26. The molecule has 22 heavy (non-hydrogen) atoms. The lowest BCUT2D eigenvalue weighted by molar-refractivity contribution is 0.103. The molecule has 1 heterocycles.